The zero-order chi connectivity index (χ0) is 11.5. The standard InChI is InChI=1S/C10H8N2O4/c13-9(14)6-8-10(15)16-11-12(8)7-4-2-1-3-5-7/h1-5H,6H2,(H-,11,13,14,15)/p+1. The highest BCUT2D eigenvalue weighted by molar-refractivity contribution is 5.68. The molecule has 2 aromatic rings. The first-order valence-electron chi connectivity index (χ1n) is 4.58. The Morgan fingerprint density at radius 3 is 2.69 bits per heavy atom. The summed E-state index contributed by atoms with van der Waals surface area (Å²) in [6.07, 6.45) is -0.388. The highest BCUT2D eigenvalue weighted by atomic mass is 16.5. The molecule has 2 N–H and O–H groups in total. The van der Waals surface area contributed by atoms with E-state index in [1.54, 1.807) is 24.3 Å². The second-order valence-electron chi connectivity index (χ2n) is 3.17. The second kappa shape index (κ2) is 4.01. The van der Waals surface area contributed by atoms with E-state index < -0.39 is 11.6 Å². The van der Waals surface area contributed by atoms with Gasteiger partial charge in [0.05, 0.1) is 0 Å². The average molecular weight is 221 g/mol. The smallest absolute Gasteiger partial charge is 0.431 e. The van der Waals surface area contributed by atoms with E-state index in [9.17, 15) is 9.59 Å². The number of carboxylic acid groups (broad SMARTS) is 1. The second-order valence-corrected chi connectivity index (χ2v) is 3.17. The maximum Gasteiger partial charge on any atom is 0.431 e. The van der Waals surface area contributed by atoms with Crippen LogP contribution >= 0.6 is 0 Å². The van der Waals surface area contributed by atoms with Crippen LogP contribution in [-0.2, 0) is 11.2 Å². The summed E-state index contributed by atoms with van der Waals surface area (Å²) >= 11 is 0. The van der Waals surface area contributed by atoms with Crippen LogP contribution in [0.1, 0.15) is 5.69 Å². The zero-order valence-corrected chi connectivity index (χ0v) is 8.21. The molecule has 2 rings (SSSR count). The number of nitrogens with zero attached hydrogens (tertiary/aromatic N) is 1. The molecular formula is C10H9N2O4+. The van der Waals surface area contributed by atoms with E-state index in [1.165, 1.54) is 4.68 Å². The third kappa shape index (κ3) is 1.85. The molecule has 1 heterocycles. The third-order valence-corrected chi connectivity index (χ3v) is 2.07. The number of aromatic amines is 1. The van der Waals surface area contributed by atoms with Crippen molar-refractivity contribution >= 4 is 5.97 Å². The molecule has 0 aliphatic heterocycles. The zero-order valence-electron chi connectivity index (χ0n) is 8.21. The highest BCUT2D eigenvalue weighted by Gasteiger charge is 2.25. The number of hydrogen-bond donors (Lipinski definition) is 2. The Bertz CT molecular complexity index is 556. The maximum atomic E-state index is 11.3. The first kappa shape index (κ1) is 10.2. The molecule has 82 valence electrons. The molecular weight excluding hydrogens is 212 g/mol. The lowest BCUT2D eigenvalue weighted by atomic mass is 10.3. The maximum absolute atomic E-state index is 11.3. The first-order valence-corrected chi connectivity index (χ1v) is 4.58. The fraction of sp³-hybridized carbons (Fsp3) is 0.100. The number of hydrogen-bond acceptors (Lipinski definition) is 3. The topological polar surface area (TPSA) is 87.2 Å². The Hall–Kier alpha value is -2.37. The van der Waals surface area contributed by atoms with Gasteiger partial charge in [0.15, 0.2) is 0 Å². The fourth-order valence-corrected chi connectivity index (χ4v) is 1.37. The highest BCUT2D eigenvalue weighted by Crippen LogP contribution is 1.98. The quantitative estimate of drug-likeness (QED) is 0.707. The average Bonchev–Trinajstić information content (AvgIpc) is 2.61. The van der Waals surface area contributed by atoms with Crippen molar-refractivity contribution in [3.63, 3.8) is 0 Å². The number of benzene rings is 1. The number of rotatable bonds is 3. The van der Waals surface area contributed by atoms with Crippen molar-refractivity contribution in [2.75, 3.05) is 0 Å². The van der Waals surface area contributed by atoms with Gasteiger partial charge >= 0.3 is 17.3 Å². The summed E-state index contributed by atoms with van der Waals surface area (Å²) in [5, 5.41) is 11.0. The monoisotopic (exact) mass is 221 g/mol. The van der Waals surface area contributed by atoms with Gasteiger partial charge in [-0.05, 0) is 9.95 Å². The molecule has 0 atom stereocenters. The predicted molar refractivity (Wildman–Crippen MR) is 52.2 cm³/mol. The molecule has 6 nitrogen and oxygen atoms in total. The van der Waals surface area contributed by atoms with E-state index in [1.807, 2.05) is 6.07 Å². The summed E-state index contributed by atoms with van der Waals surface area (Å²) in [4.78, 5) is 21.9. The summed E-state index contributed by atoms with van der Waals surface area (Å²) in [5.41, 5.74) is 0.0227. The van der Waals surface area contributed by atoms with Gasteiger partial charge in [-0.2, -0.15) is 0 Å². The number of nitrogens with one attached hydrogen (secondary N) is 1. The summed E-state index contributed by atoms with van der Waals surface area (Å²) in [6.45, 7) is 0. The lowest BCUT2D eigenvalue weighted by molar-refractivity contribution is -0.676. The van der Waals surface area contributed by atoms with E-state index in [2.05, 4.69) is 9.79 Å². The molecule has 1 aromatic heterocycles. The van der Waals surface area contributed by atoms with Crippen molar-refractivity contribution in [1.29, 1.82) is 0 Å². The summed E-state index contributed by atoms with van der Waals surface area (Å²) in [6, 6.07) is 8.84. The van der Waals surface area contributed by atoms with E-state index in [0.29, 0.717) is 5.69 Å². The fourth-order valence-electron chi connectivity index (χ4n) is 1.37. The van der Waals surface area contributed by atoms with Gasteiger partial charge in [-0.1, -0.05) is 18.2 Å². The molecule has 6 heteroatoms. The Labute approximate surface area is 89.7 Å². The van der Waals surface area contributed by atoms with Crippen LogP contribution in [0.4, 0.5) is 0 Å². The molecule has 0 bridgehead atoms. The number of aromatic nitrogens is 2. The Morgan fingerprint density at radius 1 is 1.38 bits per heavy atom. The van der Waals surface area contributed by atoms with Gasteiger partial charge in [-0.25, -0.2) is 4.79 Å². The Balaban J connectivity index is 2.50. The Morgan fingerprint density at radius 2 is 2.06 bits per heavy atom. The minimum atomic E-state index is -1.09. The minimum absolute atomic E-state index is 0.0544. The van der Waals surface area contributed by atoms with Crippen LogP contribution in [0.25, 0.3) is 5.69 Å². The van der Waals surface area contributed by atoms with Crippen LogP contribution in [-0.4, -0.2) is 16.3 Å². The number of aliphatic carboxylic acids is 1. The summed E-state index contributed by atoms with van der Waals surface area (Å²) in [7, 11) is 0. The number of para-hydroxylation sites is 1. The first-order chi connectivity index (χ1) is 7.68. The molecule has 0 unspecified atom stereocenters. The van der Waals surface area contributed by atoms with E-state index in [0.717, 1.165) is 0 Å². The molecule has 0 radical (unpaired) electrons. The molecule has 0 aliphatic rings. The van der Waals surface area contributed by atoms with Gasteiger partial charge in [-0.15, -0.1) is 0 Å². The van der Waals surface area contributed by atoms with Gasteiger partial charge in [0.1, 0.15) is 6.42 Å². The van der Waals surface area contributed by atoms with Crippen molar-refractivity contribution in [3.8, 4) is 5.69 Å². The van der Waals surface area contributed by atoms with Gasteiger partial charge in [-0.3, -0.25) is 9.32 Å². The van der Waals surface area contributed by atoms with Crippen molar-refractivity contribution < 1.29 is 19.1 Å². The summed E-state index contributed by atoms with van der Waals surface area (Å²) < 4.78 is 5.89. The molecule has 0 fully saturated rings. The molecule has 0 amide bonds. The van der Waals surface area contributed by atoms with Crippen molar-refractivity contribution in [3.05, 3.63) is 46.4 Å². The number of carbonyl (C=O) groups is 1. The normalized spacial score (nSPS) is 10.2. The van der Waals surface area contributed by atoms with Gasteiger partial charge in [0, 0.05) is 12.1 Å². The SMILES string of the molecule is O=C(O)Cc1c(=O)o[nH][n+]1-c1ccccc1. The third-order valence-electron chi connectivity index (χ3n) is 2.07. The van der Waals surface area contributed by atoms with Gasteiger partial charge in [0.25, 0.3) is 0 Å². The van der Waals surface area contributed by atoms with Crippen LogP contribution in [0, 0.1) is 0 Å². The number of H-pyrrole nitrogens is 1. The largest absolute Gasteiger partial charge is 0.481 e. The van der Waals surface area contributed by atoms with Crippen molar-refractivity contribution in [2.45, 2.75) is 6.42 Å². The lowest BCUT2D eigenvalue weighted by Gasteiger charge is -1.90. The van der Waals surface area contributed by atoms with Gasteiger partial charge < -0.3 is 5.11 Å². The molecule has 0 spiro atoms. The predicted octanol–water partition coefficient (Wildman–Crippen LogP) is -0.128. The van der Waals surface area contributed by atoms with Crippen LogP contribution < -0.4 is 10.3 Å². The molecule has 1 aromatic carbocycles. The van der Waals surface area contributed by atoms with Crippen LogP contribution in [0.5, 0.6) is 0 Å². The van der Waals surface area contributed by atoms with Crippen LogP contribution in [0.2, 0.25) is 0 Å². The molecule has 0 aliphatic carbocycles. The molecule has 0 saturated heterocycles. The molecule has 0 saturated carbocycles. The minimum Gasteiger partial charge on any atom is -0.481 e. The molecule has 16 heavy (non-hydrogen) atoms. The van der Waals surface area contributed by atoms with Crippen LogP contribution in [0.15, 0.2) is 39.6 Å². The van der Waals surface area contributed by atoms with E-state index >= 15 is 0 Å². The van der Waals surface area contributed by atoms with Crippen molar-refractivity contribution in [2.24, 2.45) is 0 Å². The Kier molecular flexibility index (Phi) is 2.55. The van der Waals surface area contributed by atoms with Gasteiger partial charge in [0.2, 0.25) is 5.69 Å². The summed E-state index contributed by atoms with van der Waals surface area (Å²) in [5.74, 6) is -1.09. The number of carboxylic acids is 1. The van der Waals surface area contributed by atoms with E-state index in [4.69, 9.17) is 5.11 Å². The van der Waals surface area contributed by atoms with E-state index in [-0.39, 0.29) is 12.1 Å². The lowest BCUT2D eigenvalue weighted by Crippen LogP contribution is -2.39. The van der Waals surface area contributed by atoms with Crippen molar-refractivity contribution in [1.82, 2.24) is 5.27 Å². The van der Waals surface area contributed by atoms with Crippen LogP contribution in [0.3, 0.4) is 0 Å².